The summed E-state index contributed by atoms with van der Waals surface area (Å²) in [5.74, 6) is 0. The Morgan fingerprint density at radius 3 is 1.96 bits per heavy atom. The van der Waals surface area contributed by atoms with Crippen LogP contribution in [0.2, 0.25) is 5.02 Å². The first kappa shape index (κ1) is 19.5. The quantitative estimate of drug-likeness (QED) is 0.581. The van der Waals surface area contributed by atoms with E-state index in [1.165, 1.54) is 6.07 Å². The summed E-state index contributed by atoms with van der Waals surface area (Å²) in [6.45, 7) is 0. The van der Waals surface area contributed by atoms with Crippen molar-refractivity contribution in [3.8, 4) is 0 Å². The molecule has 0 heterocycles. The summed E-state index contributed by atoms with van der Waals surface area (Å²) in [4.78, 5) is 0.225. The molecule has 2 nitrogen and oxygen atoms in total. The fourth-order valence-corrected chi connectivity index (χ4v) is 4.80. The predicted octanol–water partition coefficient (Wildman–Crippen LogP) is 6.25. The molecule has 0 radical (unpaired) electrons. The van der Waals surface area contributed by atoms with Gasteiger partial charge in [-0.05, 0) is 77.6 Å². The van der Waals surface area contributed by atoms with Crippen LogP contribution < -0.4 is 0 Å². The van der Waals surface area contributed by atoms with Crippen LogP contribution in [0.15, 0.2) is 47.4 Å². The van der Waals surface area contributed by atoms with Gasteiger partial charge >= 0.3 is 6.18 Å². The van der Waals surface area contributed by atoms with E-state index in [1.54, 1.807) is 30.3 Å². The lowest BCUT2D eigenvalue weighted by Gasteiger charge is -2.13. The molecule has 0 unspecified atom stereocenters. The van der Waals surface area contributed by atoms with Crippen LogP contribution >= 0.6 is 11.6 Å². The van der Waals surface area contributed by atoms with E-state index in [-0.39, 0.29) is 15.3 Å². The van der Waals surface area contributed by atoms with E-state index in [9.17, 15) is 21.6 Å². The van der Waals surface area contributed by atoms with Gasteiger partial charge in [0, 0.05) is 6.26 Å². The summed E-state index contributed by atoms with van der Waals surface area (Å²) >= 11 is 5.78. The smallest absolute Gasteiger partial charge is 0.224 e. The highest BCUT2D eigenvalue weighted by Crippen LogP contribution is 2.63. The molecule has 2 aromatic rings. The van der Waals surface area contributed by atoms with Crippen molar-refractivity contribution in [2.75, 3.05) is 6.26 Å². The summed E-state index contributed by atoms with van der Waals surface area (Å²) in [7, 11) is -3.30. The Morgan fingerprint density at radius 2 is 1.46 bits per heavy atom. The van der Waals surface area contributed by atoms with Crippen molar-refractivity contribution in [1.29, 1.82) is 0 Å². The Balaban J connectivity index is 1.81. The van der Waals surface area contributed by atoms with Crippen LogP contribution in [0.25, 0.3) is 11.1 Å². The molecule has 0 bridgehead atoms. The lowest BCUT2D eigenvalue weighted by Crippen LogP contribution is -2.06. The lowest BCUT2D eigenvalue weighted by molar-refractivity contribution is -0.137. The monoisotopic (exact) mass is 426 g/mol. The molecule has 1 saturated carbocycles. The van der Waals surface area contributed by atoms with E-state index in [1.807, 2.05) is 0 Å². The van der Waals surface area contributed by atoms with Crippen molar-refractivity contribution < 1.29 is 21.6 Å². The van der Waals surface area contributed by atoms with E-state index in [4.69, 9.17) is 11.6 Å². The molecule has 7 heteroatoms. The minimum atomic E-state index is -4.51. The van der Waals surface area contributed by atoms with E-state index >= 15 is 0 Å². The fraction of sp³-hybridized carbons (Fsp3) is 0.333. The van der Waals surface area contributed by atoms with Gasteiger partial charge in [-0.25, -0.2) is 8.42 Å². The molecule has 148 valence electrons. The van der Waals surface area contributed by atoms with E-state index < -0.39 is 21.6 Å². The third kappa shape index (κ3) is 3.60. The van der Waals surface area contributed by atoms with Crippen LogP contribution in [0.1, 0.15) is 42.4 Å². The van der Waals surface area contributed by atoms with Crippen LogP contribution in [0, 0.1) is 5.41 Å². The van der Waals surface area contributed by atoms with Crippen molar-refractivity contribution in [1.82, 2.24) is 0 Å². The third-order valence-corrected chi connectivity index (χ3v) is 7.13. The average Bonchev–Trinajstić information content (AvgIpc) is 3.25. The average molecular weight is 427 g/mol. The molecule has 0 aromatic heterocycles. The highest BCUT2D eigenvalue weighted by atomic mass is 35.5. The summed E-state index contributed by atoms with van der Waals surface area (Å²) in [5, 5.41) is -0.310. The minimum Gasteiger partial charge on any atom is -0.224 e. The summed E-state index contributed by atoms with van der Waals surface area (Å²) in [6, 6.07) is 10.7. The second-order valence-corrected chi connectivity index (χ2v) is 10.2. The van der Waals surface area contributed by atoms with Gasteiger partial charge < -0.3 is 0 Å². The number of hydrogen-bond acceptors (Lipinski definition) is 2. The minimum absolute atomic E-state index is 0.137. The van der Waals surface area contributed by atoms with Crippen molar-refractivity contribution in [2.45, 2.75) is 36.8 Å². The number of benzene rings is 2. The second-order valence-electron chi connectivity index (χ2n) is 7.80. The maximum absolute atomic E-state index is 13.3. The third-order valence-electron chi connectivity index (χ3n) is 5.68. The van der Waals surface area contributed by atoms with Crippen molar-refractivity contribution >= 4 is 32.6 Å². The summed E-state index contributed by atoms with van der Waals surface area (Å²) in [5.41, 5.74) is 2.58. The molecule has 28 heavy (non-hydrogen) atoms. The van der Waals surface area contributed by atoms with Gasteiger partial charge in [0.15, 0.2) is 9.84 Å². The molecular formula is C21H18ClF3O2S. The lowest BCUT2D eigenvalue weighted by atomic mass is 9.96. The van der Waals surface area contributed by atoms with Crippen LogP contribution in [0.5, 0.6) is 0 Å². The summed E-state index contributed by atoms with van der Waals surface area (Å²) in [6.07, 6.45) is 0.274. The van der Waals surface area contributed by atoms with Gasteiger partial charge in [0.05, 0.1) is 15.5 Å². The predicted molar refractivity (Wildman–Crippen MR) is 104 cm³/mol. The molecule has 0 N–H and O–H groups in total. The van der Waals surface area contributed by atoms with E-state index in [0.717, 1.165) is 54.7 Å². The van der Waals surface area contributed by atoms with Gasteiger partial charge in [-0.1, -0.05) is 29.8 Å². The van der Waals surface area contributed by atoms with Crippen LogP contribution in [0.4, 0.5) is 13.2 Å². The molecule has 1 spiro atoms. The Bertz CT molecular complexity index is 1080. The molecule has 0 saturated heterocycles. The molecule has 0 amide bonds. The SMILES string of the molecule is CS(=O)(=O)c1ccc(C2=C(c3ccc(Cl)c(C(F)(F)F)c3)CC3(CC3)C2)cc1. The molecule has 2 aromatic carbocycles. The fourth-order valence-electron chi connectivity index (χ4n) is 3.94. The Morgan fingerprint density at radius 1 is 0.929 bits per heavy atom. The first-order valence-electron chi connectivity index (χ1n) is 8.88. The number of halogens is 4. The first-order chi connectivity index (χ1) is 13.0. The Hall–Kier alpha value is -1.79. The largest absolute Gasteiger partial charge is 0.417 e. The standard InChI is InChI=1S/C21H18ClF3O2S/c1-28(26,27)15-5-2-13(3-6-15)16-11-20(8-9-20)12-17(16)14-4-7-19(22)18(10-14)21(23,24)25/h2-7,10H,8-9,11-12H2,1H3. The maximum atomic E-state index is 13.3. The zero-order valence-electron chi connectivity index (χ0n) is 15.1. The number of alkyl halides is 3. The van der Waals surface area contributed by atoms with Gasteiger partial charge in [-0.15, -0.1) is 0 Å². The highest BCUT2D eigenvalue weighted by molar-refractivity contribution is 7.90. The first-order valence-corrected chi connectivity index (χ1v) is 11.2. The van der Waals surface area contributed by atoms with Crippen molar-refractivity contribution in [2.24, 2.45) is 5.41 Å². The van der Waals surface area contributed by atoms with E-state index in [0.29, 0.717) is 5.56 Å². The number of sulfone groups is 1. The number of rotatable bonds is 3. The van der Waals surface area contributed by atoms with Crippen LogP contribution in [-0.2, 0) is 16.0 Å². The van der Waals surface area contributed by atoms with E-state index in [2.05, 4.69) is 0 Å². The zero-order valence-corrected chi connectivity index (χ0v) is 16.7. The van der Waals surface area contributed by atoms with Gasteiger partial charge in [0.1, 0.15) is 0 Å². The van der Waals surface area contributed by atoms with Crippen LogP contribution in [0.3, 0.4) is 0 Å². The Kier molecular flexibility index (Phi) is 4.43. The van der Waals surface area contributed by atoms with Gasteiger partial charge in [0.25, 0.3) is 0 Å². The summed E-state index contributed by atoms with van der Waals surface area (Å²) < 4.78 is 63.3. The molecule has 2 aliphatic rings. The van der Waals surface area contributed by atoms with Gasteiger partial charge in [0.2, 0.25) is 0 Å². The molecular weight excluding hydrogens is 409 g/mol. The number of hydrogen-bond donors (Lipinski definition) is 0. The normalized spacial score (nSPS) is 18.8. The topological polar surface area (TPSA) is 34.1 Å². The van der Waals surface area contributed by atoms with Crippen molar-refractivity contribution in [3.05, 3.63) is 64.2 Å². The molecule has 0 atom stereocenters. The van der Waals surface area contributed by atoms with Gasteiger partial charge in [-0.3, -0.25) is 0 Å². The molecule has 2 aliphatic carbocycles. The number of allylic oxidation sites excluding steroid dienone is 2. The van der Waals surface area contributed by atoms with Crippen molar-refractivity contribution in [3.63, 3.8) is 0 Å². The maximum Gasteiger partial charge on any atom is 0.417 e. The highest BCUT2D eigenvalue weighted by Gasteiger charge is 2.48. The Labute approximate surface area is 166 Å². The van der Waals surface area contributed by atoms with Crippen LogP contribution in [-0.4, -0.2) is 14.7 Å². The second kappa shape index (κ2) is 6.36. The van der Waals surface area contributed by atoms with Gasteiger partial charge in [-0.2, -0.15) is 13.2 Å². The molecule has 4 rings (SSSR count). The zero-order chi connectivity index (χ0) is 20.3. The molecule has 0 aliphatic heterocycles. The molecule has 1 fully saturated rings.